The number of fused-ring (bicyclic) bond motifs is 2. The second kappa shape index (κ2) is 6.87. The van der Waals surface area contributed by atoms with E-state index in [1.807, 2.05) is 0 Å². The molecule has 0 bridgehead atoms. The van der Waals surface area contributed by atoms with Crippen molar-refractivity contribution in [3.8, 4) is 0 Å². The molecule has 0 nitrogen and oxygen atoms in total. The molecule has 0 fully saturated rings. The minimum absolute atomic E-state index is 0.655. The molecule has 0 aromatic heterocycles. The Balaban J connectivity index is 1.78. The van der Waals surface area contributed by atoms with Crippen molar-refractivity contribution in [1.29, 1.82) is 0 Å². The van der Waals surface area contributed by atoms with E-state index in [-0.39, 0.29) is 0 Å². The summed E-state index contributed by atoms with van der Waals surface area (Å²) in [4.78, 5) is 0. The molecule has 0 N–H and O–H groups in total. The Hall–Kier alpha value is -0.993. The maximum absolute atomic E-state index is 2.63. The summed E-state index contributed by atoms with van der Waals surface area (Å²) in [6.45, 7) is 14.3. The van der Waals surface area contributed by atoms with Gasteiger partial charge in [0.15, 0.2) is 0 Å². The fourth-order valence-corrected chi connectivity index (χ4v) is 34.4. The van der Waals surface area contributed by atoms with Crippen LogP contribution in [0.3, 0.4) is 0 Å². The van der Waals surface area contributed by atoms with E-state index < -0.39 is 26.6 Å². The third kappa shape index (κ3) is 2.99. The number of aryl methyl sites for hydroxylation is 4. The molecule has 0 saturated heterocycles. The first-order valence-electron chi connectivity index (χ1n) is 9.82. The van der Waals surface area contributed by atoms with Gasteiger partial charge in [-0.1, -0.05) is 0 Å². The van der Waals surface area contributed by atoms with Gasteiger partial charge >= 0.3 is 168 Å². The van der Waals surface area contributed by atoms with E-state index in [0.29, 0.717) is 0 Å². The number of benzene rings is 2. The van der Waals surface area contributed by atoms with Crippen molar-refractivity contribution in [2.75, 3.05) is 0 Å². The summed E-state index contributed by atoms with van der Waals surface area (Å²) < 4.78 is 1.56. The van der Waals surface area contributed by atoms with Gasteiger partial charge in [-0.15, -0.1) is 0 Å². The molecule has 26 heavy (non-hydrogen) atoms. The molecule has 0 amide bonds. The van der Waals surface area contributed by atoms with Crippen LogP contribution in [0.15, 0.2) is 36.4 Å². The normalized spacial score (nSPS) is 20.0. The van der Waals surface area contributed by atoms with Gasteiger partial charge in [-0.25, -0.2) is 0 Å². The van der Waals surface area contributed by atoms with Crippen LogP contribution in [-0.4, -0.2) is 5.98 Å². The molecule has 2 aromatic rings. The van der Waals surface area contributed by atoms with Gasteiger partial charge in [0.25, 0.3) is 0 Å². The Labute approximate surface area is 167 Å². The summed E-state index contributed by atoms with van der Waals surface area (Å²) in [5, 5.41) is 0. The van der Waals surface area contributed by atoms with Crippen LogP contribution in [0.4, 0.5) is 0 Å². The van der Waals surface area contributed by atoms with E-state index in [0.717, 1.165) is 7.35 Å². The summed E-state index contributed by atoms with van der Waals surface area (Å²) >= 11 is -1.91. The maximum atomic E-state index is 2.63. The zero-order chi connectivity index (χ0) is 18.6. The average Bonchev–Trinajstić information content (AvgIpc) is 3.14. The van der Waals surface area contributed by atoms with E-state index in [9.17, 15) is 0 Å². The molecule has 133 valence electrons. The quantitative estimate of drug-likeness (QED) is 0.411. The van der Waals surface area contributed by atoms with Crippen molar-refractivity contribution < 1.29 is 20.6 Å². The summed E-state index contributed by atoms with van der Waals surface area (Å²) in [5.74, 6) is -0.655. The van der Waals surface area contributed by atoms with Crippen molar-refractivity contribution in [3.05, 3.63) is 80.9 Å². The van der Waals surface area contributed by atoms with Gasteiger partial charge in [0, 0.05) is 0 Å². The SMILES string of the molecule is Cc1cc2c(cc1C)[CH]([Hf]([CH]1C=Cc3cc(C)c(C)cc31)[SiH](C)C)C=C2. The molecule has 0 spiro atoms. The molecular formula is C24H29HfSi. The number of rotatable bonds is 3. The van der Waals surface area contributed by atoms with Crippen LogP contribution in [0.1, 0.15) is 51.9 Å². The Kier molecular flexibility index (Phi) is 4.86. The fourth-order valence-electron chi connectivity index (χ4n) is 4.65. The predicted octanol–water partition coefficient (Wildman–Crippen LogP) is 6.36. The van der Waals surface area contributed by atoms with E-state index in [2.05, 4.69) is 89.4 Å². The molecule has 2 aliphatic rings. The van der Waals surface area contributed by atoms with Crippen LogP contribution in [-0.2, 0) is 20.6 Å². The van der Waals surface area contributed by atoms with Gasteiger partial charge in [-0.2, -0.15) is 0 Å². The summed E-state index contributed by atoms with van der Waals surface area (Å²) in [5.41, 5.74) is 12.1. The molecule has 0 heterocycles. The van der Waals surface area contributed by atoms with Crippen LogP contribution < -0.4 is 0 Å². The number of allylic oxidation sites excluding steroid dienone is 2. The Morgan fingerprint density at radius 2 is 1.04 bits per heavy atom. The predicted molar refractivity (Wildman–Crippen MR) is 114 cm³/mol. The molecule has 2 aliphatic carbocycles. The van der Waals surface area contributed by atoms with Crippen molar-refractivity contribution in [1.82, 2.24) is 0 Å². The zero-order valence-electron chi connectivity index (χ0n) is 16.9. The van der Waals surface area contributed by atoms with Gasteiger partial charge < -0.3 is 0 Å². The molecule has 0 radical (unpaired) electrons. The van der Waals surface area contributed by atoms with Crippen LogP contribution in [0, 0.1) is 27.7 Å². The van der Waals surface area contributed by atoms with Crippen molar-refractivity contribution >= 4 is 18.1 Å². The molecule has 2 aromatic carbocycles. The molecule has 0 aliphatic heterocycles. The zero-order valence-corrected chi connectivity index (χ0v) is 21.6. The molecule has 2 unspecified atom stereocenters. The van der Waals surface area contributed by atoms with E-state index in [1.165, 1.54) is 33.4 Å². The standard InChI is InChI=1S/2C11H11.C2H7Si.Hf/c2*1-8-6-10-4-3-5-11(10)7-9(8)2;1-3-2;/h2*3-7H,1-2H3;3H,1-2H3;. The first kappa shape index (κ1) is 18.4. The Morgan fingerprint density at radius 3 is 1.42 bits per heavy atom. The molecule has 4 rings (SSSR count). The second-order valence-corrected chi connectivity index (χ2v) is 36.7. The first-order valence-corrected chi connectivity index (χ1v) is 23.1. The average molecular weight is 524 g/mol. The third-order valence-electron chi connectivity index (χ3n) is 6.39. The van der Waals surface area contributed by atoms with Gasteiger partial charge in [0.2, 0.25) is 0 Å². The second-order valence-electron chi connectivity index (χ2n) is 8.46. The number of hydrogen-bond donors (Lipinski definition) is 0. The summed E-state index contributed by atoms with van der Waals surface area (Å²) in [7, 11) is 0. The van der Waals surface area contributed by atoms with Gasteiger partial charge in [0.05, 0.1) is 0 Å². The van der Waals surface area contributed by atoms with Crippen molar-refractivity contribution in [2.24, 2.45) is 0 Å². The first-order chi connectivity index (χ1) is 12.4. The fraction of sp³-hybridized carbons (Fsp3) is 0.333. The molecule has 0 saturated carbocycles. The van der Waals surface area contributed by atoms with Gasteiger partial charge in [-0.05, 0) is 0 Å². The monoisotopic (exact) mass is 525 g/mol. The summed E-state index contributed by atoms with van der Waals surface area (Å²) in [6, 6.07) is 9.85. The molecular weight excluding hydrogens is 495 g/mol. The van der Waals surface area contributed by atoms with Crippen molar-refractivity contribution in [3.63, 3.8) is 0 Å². The van der Waals surface area contributed by atoms with Gasteiger partial charge in [-0.3, -0.25) is 0 Å². The van der Waals surface area contributed by atoms with E-state index >= 15 is 0 Å². The van der Waals surface area contributed by atoms with Crippen LogP contribution >= 0.6 is 0 Å². The van der Waals surface area contributed by atoms with Crippen LogP contribution in [0.2, 0.25) is 13.1 Å². The van der Waals surface area contributed by atoms with Crippen molar-refractivity contribution in [2.45, 2.75) is 48.1 Å². The molecule has 2 atom stereocenters. The van der Waals surface area contributed by atoms with Crippen LogP contribution in [0.5, 0.6) is 0 Å². The third-order valence-corrected chi connectivity index (χ3v) is 36.8. The molecule has 2 heteroatoms. The van der Waals surface area contributed by atoms with E-state index in [1.54, 1.807) is 11.1 Å². The van der Waals surface area contributed by atoms with E-state index in [4.69, 9.17) is 0 Å². The Morgan fingerprint density at radius 1 is 0.654 bits per heavy atom. The minimum atomic E-state index is -1.91. The topological polar surface area (TPSA) is 0 Å². The van der Waals surface area contributed by atoms with Gasteiger partial charge in [0.1, 0.15) is 0 Å². The van der Waals surface area contributed by atoms with Crippen LogP contribution in [0.25, 0.3) is 12.2 Å². The Bertz CT molecular complexity index is 862. The number of hydrogen-bond acceptors (Lipinski definition) is 0. The summed E-state index contributed by atoms with van der Waals surface area (Å²) in [6.07, 6.45) is 10.0.